The average molecular weight is 283 g/mol. The summed E-state index contributed by atoms with van der Waals surface area (Å²) in [5.41, 5.74) is -0.100. The summed E-state index contributed by atoms with van der Waals surface area (Å²) in [7, 11) is 1.66. The normalized spacial score (nSPS) is 22.5. The first-order valence-electron chi connectivity index (χ1n) is 7.45. The Morgan fingerprint density at radius 3 is 2.95 bits per heavy atom. The Morgan fingerprint density at radius 2 is 2.25 bits per heavy atom. The SMILES string of the molecule is CCCC1(c2nc(CCOCCOC)no2)CCCN1. The standard InChI is InChI=1S/C14H25N3O3/c1-3-6-14(7-4-8-15-14)13-16-12(17-20-13)5-9-19-11-10-18-2/h15H,3-11H2,1-2H3. The van der Waals surface area contributed by atoms with Crippen molar-refractivity contribution in [1.82, 2.24) is 15.5 Å². The molecule has 0 saturated carbocycles. The van der Waals surface area contributed by atoms with Crippen LogP contribution in [0.3, 0.4) is 0 Å². The molecule has 114 valence electrons. The van der Waals surface area contributed by atoms with E-state index in [0.717, 1.165) is 43.9 Å². The first-order chi connectivity index (χ1) is 9.80. The Labute approximate surface area is 120 Å². The van der Waals surface area contributed by atoms with E-state index in [1.165, 1.54) is 0 Å². The van der Waals surface area contributed by atoms with Gasteiger partial charge < -0.3 is 19.3 Å². The molecule has 1 aliphatic rings. The molecule has 1 unspecified atom stereocenters. The Morgan fingerprint density at radius 1 is 1.35 bits per heavy atom. The summed E-state index contributed by atoms with van der Waals surface area (Å²) in [6.45, 7) is 5.01. The Hall–Kier alpha value is -0.980. The summed E-state index contributed by atoms with van der Waals surface area (Å²) in [6.07, 6.45) is 5.06. The van der Waals surface area contributed by atoms with Crippen LogP contribution in [0.25, 0.3) is 0 Å². The number of methoxy groups -OCH3 is 1. The lowest BCUT2D eigenvalue weighted by atomic mass is 9.92. The van der Waals surface area contributed by atoms with Crippen molar-refractivity contribution in [3.63, 3.8) is 0 Å². The molecule has 1 aromatic heterocycles. The van der Waals surface area contributed by atoms with Gasteiger partial charge in [-0.05, 0) is 25.8 Å². The number of rotatable bonds is 9. The van der Waals surface area contributed by atoms with E-state index >= 15 is 0 Å². The van der Waals surface area contributed by atoms with Crippen molar-refractivity contribution in [1.29, 1.82) is 0 Å². The van der Waals surface area contributed by atoms with Crippen LogP contribution < -0.4 is 5.32 Å². The van der Waals surface area contributed by atoms with Gasteiger partial charge in [0.25, 0.3) is 0 Å². The summed E-state index contributed by atoms with van der Waals surface area (Å²) in [5, 5.41) is 7.61. The largest absolute Gasteiger partial charge is 0.382 e. The van der Waals surface area contributed by atoms with E-state index < -0.39 is 0 Å². The number of hydrogen-bond acceptors (Lipinski definition) is 6. The summed E-state index contributed by atoms with van der Waals surface area (Å²) in [4.78, 5) is 4.55. The van der Waals surface area contributed by atoms with Gasteiger partial charge in [-0.3, -0.25) is 0 Å². The molecule has 6 heteroatoms. The maximum absolute atomic E-state index is 5.48. The van der Waals surface area contributed by atoms with E-state index in [1.807, 2.05) is 0 Å². The molecule has 1 aromatic rings. The molecule has 0 amide bonds. The lowest BCUT2D eigenvalue weighted by molar-refractivity contribution is 0.0714. The van der Waals surface area contributed by atoms with Crippen molar-refractivity contribution in [2.45, 2.75) is 44.6 Å². The second-order valence-corrected chi connectivity index (χ2v) is 5.23. The molecule has 1 saturated heterocycles. The van der Waals surface area contributed by atoms with Crippen LogP contribution in [0.15, 0.2) is 4.52 Å². The predicted molar refractivity (Wildman–Crippen MR) is 74.5 cm³/mol. The highest BCUT2D eigenvalue weighted by Gasteiger charge is 2.39. The first kappa shape index (κ1) is 15.4. The van der Waals surface area contributed by atoms with Crippen molar-refractivity contribution in [3.8, 4) is 0 Å². The number of nitrogens with one attached hydrogen (secondary N) is 1. The van der Waals surface area contributed by atoms with Gasteiger partial charge in [-0.2, -0.15) is 4.98 Å². The van der Waals surface area contributed by atoms with Crippen molar-refractivity contribution in [3.05, 3.63) is 11.7 Å². The van der Waals surface area contributed by atoms with E-state index in [1.54, 1.807) is 7.11 Å². The topological polar surface area (TPSA) is 69.4 Å². The Kier molecular flexibility index (Phi) is 5.94. The number of ether oxygens (including phenoxy) is 2. The molecule has 2 heterocycles. The molecule has 20 heavy (non-hydrogen) atoms. The molecule has 1 atom stereocenters. The summed E-state index contributed by atoms with van der Waals surface area (Å²) >= 11 is 0. The van der Waals surface area contributed by atoms with Gasteiger partial charge in [0.2, 0.25) is 5.89 Å². The predicted octanol–water partition coefficient (Wildman–Crippen LogP) is 1.65. The van der Waals surface area contributed by atoms with Crippen molar-refractivity contribution in [2.24, 2.45) is 0 Å². The van der Waals surface area contributed by atoms with Crippen LogP contribution in [-0.4, -0.2) is 43.6 Å². The van der Waals surface area contributed by atoms with Crippen LogP contribution in [0.4, 0.5) is 0 Å². The molecule has 0 spiro atoms. The third-order valence-electron chi connectivity index (χ3n) is 3.70. The molecule has 2 rings (SSSR count). The first-order valence-corrected chi connectivity index (χ1v) is 7.45. The third-order valence-corrected chi connectivity index (χ3v) is 3.70. The lowest BCUT2D eigenvalue weighted by Crippen LogP contribution is -2.37. The van der Waals surface area contributed by atoms with Crippen LogP contribution in [-0.2, 0) is 21.4 Å². The van der Waals surface area contributed by atoms with E-state index in [2.05, 4.69) is 22.4 Å². The molecule has 1 N–H and O–H groups in total. The van der Waals surface area contributed by atoms with Gasteiger partial charge in [-0.1, -0.05) is 18.5 Å². The minimum Gasteiger partial charge on any atom is -0.382 e. The van der Waals surface area contributed by atoms with Gasteiger partial charge in [0.05, 0.1) is 25.4 Å². The molecule has 0 bridgehead atoms. The van der Waals surface area contributed by atoms with Gasteiger partial charge in [-0.15, -0.1) is 0 Å². The van der Waals surface area contributed by atoms with Gasteiger partial charge >= 0.3 is 0 Å². The van der Waals surface area contributed by atoms with E-state index in [0.29, 0.717) is 26.2 Å². The number of hydrogen-bond donors (Lipinski definition) is 1. The highest BCUT2D eigenvalue weighted by Crippen LogP contribution is 2.34. The molecule has 0 aliphatic carbocycles. The molecule has 1 aliphatic heterocycles. The fourth-order valence-corrected chi connectivity index (χ4v) is 2.69. The minimum atomic E-state index is -0.100. The molecular formula is C14H25N3O3. The maximum atomic E-state index is 5.48. The van der Waals surface area contributed by atoms with Crippen molar-refractivity contribution >= 4 is 0 Å². The second kappa shape index (κ2) is 7.71. The monoisotopic (exact) mass is 283 g/mol. The Bertz CT molecular complexity index is 389. The molecule has 0 aromatic carbocycles. The maximum Gasteiger partial charge on any atom is 0.246 e. The van der Waals surface area contributed by atoms with Crippen LogP contribution in [0.2, 0.25) is 0 Å². The zero-order valence-corrected chi connectivity index (χ0v) is 12.5. The van der Waals surface area contributed by atoms with Gasteiger partial charge in [0, 0.05) is 13.5 Å². The van der Waals surface area contributed by atoms with E-state index in [-0.39, 0.29) is 5.54 Å². The second-order valence-electron chi connectivity index (χ2n) is 5.23. The van der Waals surface area contributed by atoms with E-state index in [9.17, 15) is 0 Å². The quantitative estimate of drug-likeness (QED) is 0.695. The van der Waals surface area contributed by atoms with Gasteiger partial charge in [-0.25, -0.2) is 0 Å². The zero-order valence-electron chi connectivity index (χ0n) is 12.5. The van der Waals surface area contributed by atoms with Gasteiger partial charge in [0.1, 0.15) is 0 Å². The molecule has 1 fully saturated rings. The minimum absolute atomic E-state index is 0.100. The summed E-state index contributed by atoms with van der Waals surface area (Å²) < 4.78 is 15.8. The third kappa shape index (κ3) is 3.77. The number of nitrogens with zero attached hydrogens (tertiary/aromatic N) is 2. The van der Waals surface area contributed by atoms with E-state index in [4.69, 9.17) is 14.0 Å². The fourth-order valence-electron chi connectivity index (χ4n) is 2.69. The van der Waals surface area contributed by atoms with Crippen molar-refractivity contribution < 1.29 is 14.0 Å². The van der Waals surface area contributed by atoms with Crippen LogP contribution in [0.1, 0.15) is 44.3 Å². The average Bonchev–Trinajstić information content (AvgIpc) is 3.09. The highest BCUT2D eigenvalue weighted by molar-refractivity contribution is 5.06. The molecular weight excluding hydrogens is 258 g/mol. The Balaban J connectivity index is 1.87. The summed E-state index contributed by atoms with van der Waals surface area (Å²) in [6, 6.07) is 0. The van der Waals surface area contributed by atoms with Crippen LogP contribution in [0, 0.1) is 0 Å². The number of aromatic nitrogens is 2. The van der Waals surface area contributed by atoms with Crippen LogP contribution >= 0.6 is 0 Å². The lowest BCUT2D eigenvalue weighted by Gasteiger charge is -2.24. The smallest absolute Gasteiger partial charge is 0.246 e. The zero-order chi connectivity index (χ0) is 14.3. The fraction of sp³-hybridized carbons (Fsp3) is 0.857. The highest BCUT2D eigenvalue weighted by atomic mass is 16.5. The molecule has 6 nitrogen and oxygen atoms in total. The van der Waals surface area contributed by atoms with Crippen molar-refractivity contribution in [2.75, 3.05) is 33.5 Å². The van der Waals surface area contributed by atoms with Crippen LogP contribution in [0.5, 0.6) is 0 Å². The summed E-state index contributed by atoms with van der Waals surface area (Å²) in [5.74, 6) is 1.46. The van der Waals surface area contributed by atoms with Gasteiger partial charge in [0.15, 0.2) is 5.82 Å². The molecule has 0 radical (unpaired) electrons.